The van der Waals surface area contributed by atoms with Crippen LogP contribution in [-0.4, -0.2) is 25.1 Å². The number of amides is 1. The van der Waals surface area contributed by atoms with Crippen LogP contribution in [0.5, 0.6) is 11.5 Å². The second kappa shape index (κ2) is 7.31. The first-order chi connectivity index (χ1) is 12.5. The van der Waals surface area contributed by atoms with Crippen molar-refractivity contribution >= 4 is 28.8 Å². The molecule has 6 heteroatoms. The number of hydrogen-bond acceptors (Lipinski definition) is 5. The fourth-order valence-electron chi connectivity index (χ4n) is 2.75. The van der Waals surface area contributed by atoms with Crippen LogP contribution in [0.4, 0.5) is 5.69 Å². The number of nitrogens with one attached hydrogen (secondary N) is 1. The lowest BCUT2D eigenvalue weighted by molar-refractivity contribution is 0.102. The second-order valence-electron chi connectivity index (χ2n) is 5.67. The fraction of sp³-hybridized carbons (Fsp3) is 0.200. The number of methoxy groups -OCH3 is 2. The zero-order valence-electron chi connectivity index (χ0n) is 15.1. The molecule has 26 heavy (non-hydrogen) atoms. The van der Waals surface area contributed by atoms with Gasteiger partial charge in [-0.1, -0.05) is 12.2 Å². The average Bonchev–Trinajstić information content (AvgIpc) is 3.00. The summed E-state index contributed by atoms with van der Waals surface area (Å²) in [6.45, 7) is 3.68. The molecule has 1 N–H and O–H groups in total. The molecule has 0 radical (unpaired) electrons. The summed E-state index contributed by atoms with van der Waals surface area (Å²) in [4.78, 5) is 17.0. The van der Waals surface area contributed by atoms with Gasteiger partial charge in [0.1, 0.15) is 5.52 Å². The van der Waals surface area contributed by atoms with Crippen molar-refractivity contribution in [2.75, 3.05) is 19.5 Å². The highest BCUT2D eigenvalue weighted by atomic mass is 16.5. The van der Waals surface area contributed by atoms with Crippen LogP contribution in [0.3, 0.4) is 0 Å². The first kappa shape index (κ1) is 17.5. The summed E-state index contributed by atoms with van der Waals surface area (Å²) in [5.41, 5.74) is 3.25. The number of benzene rings is 2. The van der Waals surface area contributed by atoms with Gasteiger partial charge in [-0.25, -0.2) is 4.98 Å². The number of fused-ring (bicyclic) bond motifs is 1. The number of carbonyl (C=O) groups is 1. The van der Waals surface area contributed by atoms with Gasteiger partial charge < -0.3 is 19.2 Å². The maximum atomic E-state index is 12.7. The van der Waals surface area contributed by atoms with Gasteiger partial charge in [0, 0.05) is 23.7 Å². The lowest BCUT2D eigenvalue weighted by Gasteiger charge is -2.13. The zero-order valence-corrected chi connectivity index (χ0v) is 15.1. The minimum absolute atomic E-state index is 0.253. The van der Waals surface area contributed by atoms with E-state index in [9.17, 15) is 4.79 Å². The van der Waals surface area contributed by atoms with Gasteiger partial charge in [0.25, 0.3) is 5.91 Å². The predicted octanol–water partition coefficient (Wildman–Crippen LogP) is 4.44. The molecule has 134 valence electrons. The van der Waals surface area contributed by atoms with Crippen LogP contribution in [0, 0.1) is 6.92 Å². The topological polar surface area (TPSA) is 73.6 Å². The van der Waals surface area contributed by atoms with Crippen LogP contribution < -0.4 is 14.8 Å². The molecule has 2 aromatic carbocycles. The molecule has 1 heterocycles. The molecular formula is C20H20N2O4. The highest BCUT2D eigenvalue weighted by Gasteiger charge is 2.15. The van der Waals surface area contributed by atoms with E-state index in [1.165, 1.54) is 0 Å². The van der Waals surface area contributed by atoms with Gasteiger partial charge in [0.05, 0.1) is 14.2 Å². The number of carbonyl (C=O) groups excluding carboxylic acids is 1. The maximum absolute atomic E-state index is 12.7. The van der Waals surface area contributed by atoms with Crippen LogP contribution in [0.1, 0.15) is 28.7 Å². The molecule has 1 aromatic heterocycles. The molecule has 0 saturated carbocycles. The van der Waals surface area contributed by atoms with Crippen LogP contribution in [0.15, 0.2) is 40.8 Å². The Kier molecular flexibility index (Phi) is 4.93. The molecule has 0 aliphatic carbocycles. The molecule has 0 unspecified atom stereocenters. The van der Waals surface area contributed by atoms with Gasteiger partial charge in [0.15, 0.2) is 23.0 Å². The monoisotopic (exact) mass is 352 g/mol. The zero-order chi connectivity index (χ0) is 18.7. The number of allylic oxidation sites excluding steroid dienone is 1. The summed E-state index contributed by atoms with van der Waals surface area (Å²) in [6.07, 6.45) is 3.74. The van der Waals surface area contributed by atoms with Gasteiger partial charge in [-0.3, -0.25) is 4.79 Å². The Balaban J connectivity index is 1.94. The van der Waals surface area contributed by atoms with Gasteiger partial charge in [-0.2, -0.15) is 0 Å². The number of rotatable bonds is 5. The number of anilines is 1. The summed E-state index contributed by atoms with van der Waals surface area (Å²) >= 11 is 0. The highest BCUT2D eigenvalue weighted by Crippen LogP contribution is 2.34. The minimum atomic E-state index is -0.253. The van der Waals surface area contributed by atoms with Gasteiger partial charge in [-0.05, 0) is 37.3 Å². The third-order valence-electron chi connectivity index (χ3n) is 3.87. The van der Waals surface area contributed by atoms with E-state index < -0.39 is 0 Å². The van der Waals surface area contributed by atoms with Crippen molar-refractivity contribution in [1.29, 1.82) is 0 Å². The molecule has 6 nitrogen and oxygen atoms in total. The average molecular weight is 352 g/mol. The predicted molar refractivity (Wildman–Crippen MR) is 101 cm³/mol. The van der Waals surface area contributed by atoms with E-state index >= 15 is 0 Å². The molecular weight excluding hydrogens is 332 g/mol. The SMILES string of the molecule is CC=Cc1cc(C(=O)Nc2ccc3oc(C)nc3c2)cc(OC)c1OC. The number of oxazole rings is 1. The van der Waals surface area contributed by atoms with Crippen molar-refractivity contribution in [2.45, 2.75) is 13.8 Å². The lowest BCUT2D eigenvalue weighted by atomic mass is 10.1. The molecule has 3 aromatic rings. The molecule has 0 atom stereocenters. The third-order valence-corrected chi connectivity index (χ3v) is 3.87. The largest absolute Gasteiger partial charge is 0.493 e. The molecule has 0 spiro atoms. The normalized spacial score (nSPS) is 11.1. The van der Waals surface area contributed by atoms with Gasteiger partial charge >= 0.3 is 0 Å². The summed E-state index contributed by atoms with van der Waals surface area (Å²) in [6, 6.07) is 8.75. The van der Waals surface area contributed by atoms with Gasteiger partial charge in [-0.15, -0.1) is 0 Å². The van der Waals surface area contributed by atoms with E-state index in [2.05, 4.69) is 10.3 Å². The number of aryl methyl sites for hydroxylation is 1. The molecule has 0 aliphatic heterocycles. The Morgan fingerprint density at radius 1 is 1.19 bits per heavy atom. The Hall–Kier alpha value is -3.28. The van der Waals surface area contributed by atoms with E-state index in [0.717, 1.165) is 5.56 Å². The summed E-state index contributed by atoms with van der Waals surface area (Å²) in [5.74, 6) is 1.41. The quantitative estimate of drug-likeness (QED) is 0.735. The Morgan fingerprint density at radius 2 is 2.00 bits per heavy atom. The van der Waals surface area contributed by atoms with E-state index in [-0.39, 0.29) is 5.91 Å². The number of ether oxygens (including phenoxy) is 2. The first-order valence-corrected chi connectivity index (χ1v) is 8.13. The van der Waals surface area contributed by atoms with E-state index in [1.807, 2.05) is 19.1 Å². The van der Waals surface area contributed by atoms with Crippen LogP contribution in [0.25, 0.3) is 17.2 Å². The van der Waals surface area contributed by atoms with Crippen LogP contribution in [-0.2, 0) is 0 Å². The van der Waals surface area contributed by atoms with Crippen molar-refractivity contribution in [2.24, 2.45) is 0 Å². The number of aromatic nitrogens is 1. The fourth-order valence-corrected chi connectivity index (χ4v) is 2.75. The highest BCUT2D eigenvalue weighted by molar-refractivity contribution is 6.05. The number of hydrogen-bond donors (Lipinski definition) is 1. The van der Waals surface area contributed by atoms with Gasteiger partial charge in [0.2, 0.25) is 0 Å². The van der Waals surface area contributed by atoms with Crippen molar-refractivity contribution in [3.8, 4) is 11.5 Å². The summed E-state index contributed by atoms with van der Waals surface area (Å²) in [5, 5.41) is 2.88. The first-order valence-electron chi connectivity index (χ1n) is 8.13. The minimum Gasteiger partial charge on any atom is -0.493 e. The maximum Gasteiger partial charge on any atom is 0.255 e. The van der Waals surface area contributed by atoms with Crippen molar-refractivity contribution in [3.05, 3.63) is 53.4 Å². The molecule has 1 amide bonds. The molecule has 3 rings (SSSR count). The molecule has 0 fully saturated rings. The Bertz CT molecular complexity index is 989. The standard InChI is InChI=1S/C20H20N2O4/c1-5-6-13-9-14(10-18(24-3)19(13)25-4)20(23)22-15-7-8-17-16(11-15)21-12(2)26-17/h5-11H,1-4H3,(H,22,23). The summed E-state index contributed by atoms with van der Waals surface area (Å²) in [7, 11) is 3.11. The van der Waals surface area contributed by atoms with E-state index in [1.54, 1.807) is 51.5 Å². The van der Waals surface area contributed by atoms with Crippen molar-refractivity contribution in [3.63, 3.8) is 0 Å². The smallest absolute Gasteiger partial charge is 0.255 e. The number of nitrogens with zero attached hydrogens (tertiary/aromatic N) is 1. The molecule has 0 bridgehead atoms. The van der Waals surface area contributed by atoms with E-state index in [4.69, 9.17) is 13.9 Å². The van der Waals surface area contributed by atoms with E-state index in [0.29, 0.717) is 39.7 Å². The Labute approximate surface area is 151 Å². The Morgan fingerprint density at radius 3 is 2.69 bits per heavy atom. The second-order valence-corrected chi connectivity index (χ2v) is 5.67. The molecule has 0 aliphatic rings. The van der Waals surface area contributed by atoms with Crippen molar-refractivity contribution < 1.29 is 18.7 Å². The van der Waals surface area contributed by atoms with Crippen molar-refractivity contribution in [1.82, 2.24) is 4.98 Å². The lowest BCUT2D eigenvalue weighted by Crippen LogP contribution is -2.12. The van der Waals surface area contributed by atoms with Crippen LogP contribution >= 0.6 is 0 Å². The third kappa shape index (κ3) is 3.39. The molecule has 0 saturated heterocycles. The van der Waals surface area contributed by atoms with Crippen LogP contribution in [0.2, 0.25) is 0 Å². The summed E-state index contributed by atoms with van der Waals surface area (Å²) < 4.78 is 16.2.